The molecule has 0 aliphatic carbocycles. The predicted molar refractivity (Wildman–Crippen MR) is 76.3 cm³/mol. The minimum atomic E-state index is -1.09. The standard InChI is InChI=1S/C14H16ClNO4/c1-8-11-6-10(15)5-9(7-16(2)3-4-17)13(11)20-12(8)14(18)19/h5-6,17H,3-4,7H2,1-2H3,(H,18,19). The molecular formula is C14H16ClNO4. The number of furan rings is 1. The van der Waals surface area contributed by atoms with E-state index in [2.05, 4.69) is 0 Å². The number of halogens is 1. The molecule has 108 valence electrons. The molecular weight excluding hydrogens is 282 g/mol. The summed E-state index contributed by atoms with van der Waals surface area (Å²) in [6.45, 7) is 2.79. The Balaban J connectivity index is 2.54. The molecule has 0 radical (unpaired) electrons. The van der Waals surface area contributed by atoms with E-state index in [0.717, 1.165) is 5.56 Å². The van der Waals surface area contributed by atoms with Crippen LogP contribution in [0.1, 0.15) is 21.7 Å². The number of aryl methyl sites for hydroxylation is 1. The number of aliphatic hydroxyl groups excluding tert-OH is 1. The van der Waals surface area contributed by atoms with Gasteiger partial charge in [-0.2, -0.15) is 0 Å². The highest BCUT2D eigenvalue weighted by molar-refractivity contribution is 6.31. The van der Waals surface area contributed by atoms with Crippen molar-refractivity contribution in [3.05, 3.63) is 34.0 Å². The van der Waals surface area contributed by atoms with E-state index in [4.69, 9.17) is 26.2 Å². The van der Waals surface area contributed by atoms with Gasteiger partial charge in [-0.3, -0.25) is 4.90 Å². The molecule has 2 aromatic rings. The van der Waals surface area contributed by atoms with E-state index in [9.17, 15) is 4.79 Å². The Labute approximate surface area is 121 Å². The van der Waals surface area contributed by atoms with Gasteiger partial charge in [-0.1, -0.05) is 11.6 Å². The molecule has 0 atom stereocenters. The Morgan fingerprint density at radius 1 is 1.45 bits per heavy atom. The SMILES string of the molecule is Cc1c(C(=O)O)oc2c(CN(C)CCO)cc(Cl)cc12. The molecule has 1 heterocycles. The lowest BCUT2D eigenvalue weighted by Crippen LogP contribution is -2.21. The van der Waals surface area contributed by atoms with Crippen LogP contribution >= 0.6 is 11.6 Å². The first-order valence-electron chi connectivity index (χ1n) is 6.18. The van der Waals surface area contributed by atoms with Gasteiger partial charge in [-0.25, -0.2) is 4.79 Å². The third kappa shape index (κ3) is 2.80. The fraction of sp³-hybridized carbons (Fsp3) is 0.357. The van der Waals surface area contributed by atoms with Gasteiger partial charge >= 0.3 is 5.97 Å². The number of carboxylic acid groups (broad SMARTS) is 1. The monoisotopic (exact) mass is 297 g/mol. The average Bonchev–Trinajstić information content (AvgIpc) is 2.68. The fourth-order valence-corrected chi connectivity index (χ4v) is 2.45. The molecule has 0 saturated carbocycles. The summed E-state index contributed by atoms with van der Waals surface area (Å²) in [7, 11) is 1.86. The van der Waals surface area contributed by atoms with Crippen molar-refractivity contribution in [1.82, 2.24) is 4.90 Å². The van der Waals surface area contributed by atoms with E-state index in [1.54, 1.807) is 19.1 Å². The van der Waals surface area contributed by atoms with Crippen molar-refractivity contribution in [3.63, 3.8) is 0 Å². The molecule has 0 aliphatic heterocycles. The Bertz CT molecular complexity index is 650. The second-order valence-corrected chi connectivity index (χ2v) is 5.20. The normalized spacial score (nSPS) is 11.4. The summed E-state index contributed by atoms with van der Waals surface area (Å²) in [5.74, 6) is -1.15. The van der Waals surface area contributed by atoms with Crippen molar-refractivity contribution in [2.75, 3.05) is 20.2 Å². The number of hydrogen-bond acceptors (Lipinski definition) is 4. The first kappa shape index (κ1) is 14.8. The smallest absolute Gasteiger partial charge is 0.372 e. The lowest BCUT2D eigenvalue weighted by atomic mass is 10.1. The van der Waals surface area contributed by atoms with Crippen LogP contribution in [0.2, 0.25) is 5.02 Å². The Hall–Kier alpha value is -1.56. The fourth-order valence-electron chi connectivity index (χ4n) is 2.21. The molecule has 1 aromatic heterocycles. The van der Waals surface area contributed by atoms with Crippen molar-refractivity contribution in [2.45, 2.75) is 13.5 Å². The van der Waals surface area contributed by atoms with Crippen LogP contribution in [0, 0.1) is 6.92 Å². The first-order valence-corrected chi connectivity index (χ1v) is 6.56. The Morgan fingerprint density at radius 2 is 2.15 bits per heavy atom. The number of likely N-dealkylation sites (N-methyl/N-ethyl adjacent to an activating group) is 1. The third-order valence-electron chi connectivity index (χ3n) is 3.20. The van der Waals surface area contributed by atoms with E-state index in [-0.39, 0.29) is 12.4 Å². The van der Waals surface area contributed by atoms with Crippen LogP contribution in [0.15, 0.2) is 16.5 Å². The van der Waals surface area contributed by atoms with Crippen LogP contribution in [0.3, 0.4) is 0 Å². The van der Waals surface area contributed by atoms with Crippen molar-refractivity contribution in [2.24, 2.45) is 0 Å². The van der Waals surface area contributed by atoms with Crippen LogP contribution in [0.4, 0.5) is 0 Å². The van der Waals surface area contributed by atoms with Gasteiger partial charge in [0.15, 0.2) is 0 Å². The van der Waals surface area contributed by atoms with E-state index >= 15 is 0 Å². The quantitative estimate of drug-likeness (QED) is 0.887. The number of hydrogen-bond donors (Lipinski definition) is 2. The summed E-state index contributed by atoms with van der Waals surface area (Å²) < 4.78 is 5.48. The summed E-state index contributed by atoms with van der Waals surface area (Å²) in [5.41, 5.74) is 1.91. The molecule has 2 rings (SSSR count). The van der Waals surface area contributed by atoms with Crippen molar-refractivity contribution >= 4 is 28.5 Å². The Kier molecular flexibility index (Phi) is 4.32. The number of carbonyl (C=O) groups is 1. The van der Waals surface area contributed by atoms with Crippen LogP contribution in [-0.4, -0.2) is 41.3 Å². The van der Waals surface area contributed by atoms with Crippen molar-refractivity contribution in [1.29, 1.82) is 0 Å². The summed E-state index contributed by atoms with van der Waals surface area (Å²) >= 11 is 6.09. The Morgan fingerprint density at radius 3 is 2.75 bits per heavy atom. The number of aromatic carboxylic acids is 1. The van der Waals surface area contributed by atoms with Gasteiger partial charge in [0.1, 0.15) is 5.58 Å². The zero-order chi connectivity index (χ0) is 14.9. The molecule has 20 heavy (non-hydrogen) atoms. The third-order valence-corrected chi connectivity index (χ3v) is 3.41. The maximum absolute atomic E-state index is 11.1. The van der Waals surface area contributed by atoms with Crippen molar-refractivity contribution in [3.8, 4) is 0 Å². The summed E-state index contributed by atoms with van der Waals surface area (Å²) in [5, 5.41) is 19.3. The van der Waals surface area contributed by atoms with Gasteiger partial charge < -0.3 is 14.6 Å². The zero-order valence-corrected chi connectivity index (χ0v) is 12.1. The van der Waals surface area contributed by atoms with Gasteiger partial charge in [0, 0.05) is 34.6 Å². The lowest BCUT2D eigenvalue weighted by molar-refractivity contribution is 0.0664. The maximum atomic E-state index is 11.1. The van der Waals surface area contributed by atoms with Gasteiger partial charge in [-0.15, -0.1) is 0 Å². The highest BCUT2D eigenvalue weighted by Crippen LogP contribution is 2.31. The van der Waals surface area contributed by atoms with Crippen LogP contribution in [0.5, 0.6) is 0 Å². The maximum Gasteiger partial charge on any atom is 0.372 e. The predicted octanol–water partition coefficient (Wildman–Crippen LogP) is 2.52. The second-order valence-electron chi connectivity index (χ2n) is 4.76. The summed E-state index contributed by atoms with van der Waals surface area (Å²) in [6.07, 6.45) is 0. The highest BCUT2D eigenvalue weighted by atomic mass is 35.5. The van der Waals surface area contributed by atoms with Gasteiger partial charge in [0.25, 0.3) is 0 Å². The first-order chi connectivity index (χ1) is 9.43. The molecule has 0 amide bonds. The minimum absolute atomic E-state index is 0.0533. The van der Waals surface area contributed by atoms with E-state index in [0.29, 0.717) is 34.6 Å². The molecule has 5 nitrogen and oxygen atoms in total. The molecule has 0 bridgehead atoms. The van der Waals surface area contributed by atoms with Crippen LogP contribution < -0.4 is 0 Å². The molecule has 0 saturated heterocycles. The molecule has 0 fully saturated rings. The summed E-state index contributed by atoms with van der Waals surface area (Å²) in [6, 6.07) is 3.46. The molecule has 2 N–H and O–H groups in total. The molecule has 0 unspecified atom stereocenters. The second kappa shape index (κ2) is 5.83. The van der Waals surface area contributed by atoms with E-state index < -0.39 is 5.97 Å². The number of benzene rings is 1. The van der Waals surface area contributed by atoms with E-state index in [1.165, 1.54) is 0 Å². The number of carboxylic acids is 1. The van der Waals surface area contributed by atoms with Crippen LogP contribution in [-0.2, 0) is 6.54 Å². The van der Waals surface area contributed by atoms with E-state index in [1.807, 2.05) is 11.9 Å². The highest BCUT2D eigenvalue weighted by Gasteiger charge is 2.19. The van der Waals surface area contributed by atoms with Crippen LogP contribution in [0.25, 0.3) is 11.0 Å². The van der Waals surface area contributed by atoms with Crippen molar-refractivity contribution < 1.29 is 19.4 Å². The van der Waals surface area contributed by atoms with Gasteiger partial charge in [0.05, 0.1) is 6.61 Å². The molecule has 6 heteroatoms. The zero-order valence-electron chi connectivity index (χ0n) is 11.3. The molecule has 0 aliphatic rings. The number of aliphatic hydroxyl groups is 1. The number of fused-ring (bicyclic) bond motifs is 1. The molecule has 0 spiro atoms. The van der Waals surface area contributed by atoms with Gasteiger partial charge in [0.2, 0.25) is 5.76 Å². The molecule has 1 aromatic carbocycles. The lowest BCUT2D eigenvalue weighted by Gasteiger charge is -2.15. The summed E-state index contributed by atoms with van der Waals surface area (Å²) in [4.78, 5) is 13.0. The number of rotatable bonds is 5. The number of nitrogens with zero attached hydrogens (tertiary/aromatic N) is 1. The average molecular weight is 298 g/mol. The van der Waals surface area contributed by atoms with Gasteiger partial charge in [-0.05, 0) is 26.1 Å². The largest absolute Gasteiger partial charge is 0.475 e. The minimum Gasteiger partial charge on any atom is -0.475 e. The topological polar surface area (TPSA) is 73.9 Å².